The van der Waals surface area contributed by atoms with Gasteiger partial charge in [-0.25, -0.2) is 8.78 Å². The van der Waals surface area contributed by atoms with Gasteiger partial charge in [0.2, 0.25) is 0 Å². The fourth-order valence-corrected chi connectivity index (χ4v) is 2.03. The van der Waals surface area contributed by atoms with Gasteiger partial charge in [-0.05, 0) is 25.1 Å². The quantitative estimate of drug-likeness (QED) is 0.897. The number of aryl methyl sites for hydroxylation is 2. The minimum absolute atomic E-state index is 0.300. The second-order valence-corrected chi connectivity index (χ2v) is 4.66. The maximum Gasteiger partial charge on any atom is 0.269 e. The zero-order valence-electron chi connectivity index (χ0n) is 11.6. The molecular weight excluding hydrogens is 280 g/mol. The second-order valence-electron chi connectivity index (χ2n) is 4.66. The molecule has 0 saturated carbocycles. The highest BCUT2D eigenvalue weighted by Gasteiger charge is 2.19. The number of nitrogens with one attached hydrogen (secondary N) is 1. The summed E-state index contributed by atoms with van der Waals surface area (Å²) >= 11 is 0. The molecule has 2 N–H and O–H groups in total. The zero-order chi connectivity index (χ0) is 15.6. The number of halogens is 2. The van der Waals surface area contributed by atoms with Crippen LogP contribution >= 0.6 is 0 Å². The first-order valence-electron chi connectivity index (χ1n) is 6.31. The number of aliphatic hydroxyl groups is 1. The molecule has 0 radical (unpaired) electrons. The van der Waals surface area contributed by atoms with Crippen LogP contribution in [0.25, 0.3) is 0 Å². The van der Waals surface area contributed by atoms with Gasteiger partial charge in [0.1, 0.15) is 23.4 Å². The summed E-state index contributed by atoms with van der Waals surface area (Å²) in [6, 6.07) is 4.88. The van der Waals surface area contributed by atoms with Crippen LogP contribution in [0.4, 0.5) is 8.78 Å². The van der Waals surface area contributed by atoms with E-state index in [-0.39, 0.29) is 6.54 Å². The maximum absolute atomic E-state index is 13.5. The summed E-state index contributed by atoms with van der Waals surface area (Å²) < 4.78 is 28.4. The van der Waals surface area contributed by atoms with Crippen LogP contribution in [0.5, 0.6) is 0 Å². The van der Waals surface area contributed by atoms with E-state index >= 15 is 0 Å². The molecule has 21 heavy (non-hydrogen) atoms. The number of carbonyl (C=O) groups is 1. The molecular formula is C14H15F2N3O2. The fraction of sp³-hybridized carbons (Fsp3) is 0.286. The first kappa shape index (κ1) is 15.1. The van der Waals surface area contributed by atoms with E-state index in [0.717, 1.165) is 12.1 Å². The summed E-state index contributed by atoms with van der Waals surface area (Å²) in [5.41, 5.74) is 0.510. The molecule has 1 unspecified atom stereocenters. The van der Waals surface area contributed by atoms with Gasteiger partial charge in [-0.3, -0.25) is 9.48 Å². The molecule has 5 nitrogen and oxygen atoms in total. The highest BCUT2D eigenvalue weighted by atomic mass is 19.1. The van der Waals surface area contributed by atoms with Gasteiger partial charge in [0.15, 0.2) is 0 Å². The Morgan fingerprint density at radius 1 is 1.43 bits per heavy atom. The van der Waals surface area contributed by atoms with Crippen molar-refractivity contribution >= 4 is 5.91 Å². The van der Waals surface area contributed by atoms with Gasteiger partial charge in [-0.15, -0.1) is 0 Å². The van der Waals surface area contributed by atoms with E-state index in [4.69, 9.17) is 0 Å². The van der Waals surface area contributed by atoms with Crippen LogP contribution in [0, 0.1) is 18.6 Å². The van der Waals surface area contributed by atoms with E-state index in [9.17, 15) is 18.7 Å². The number of nitrogens with zero attached hydrogens (tertiary/aromatic N) is 2. The lowest BCUT2D eigenvalue weighted by Crippen LogP contribution is -2.30. The second kappa shape index (κ2) is 6.01. The van der Waals surface area contributed by atoms with Crippen molar-refractivity contribution in [2.45, 2.75) is 13.0 Å². The summed E-state index contributed by atoms with van der Waals surface area (Å²) in [5.74, 6) is -2.19. The molecule has 1 atom stereocenters. The van der Waals surface area contributed by atoms with Crippen LogP contribution in [-0.2, 0) is 7.05 Å². The summed E-state index contributed by atoms with van der Waals surface area (Å²) in [7, 11) is 1.61. The van der Waals surface area contributed by atoms with E-state index in [1.807, 2.05) is 0 Å². The third kappa shape index (κ3) is 3.25. The fourth-order valence-electron chi connectivity index (χ4n) is 2.03. The minimum atomic E-state index is -1.47. The maximum atomic E-state index is 13.5. The number of benzene rings is 1. The Morgan fingerprint density at radius 3 is 2.57 bits per heavy atom. The third-order valence-electron chi connectivity index (χ3n) is 3.02. The van der Waals surface area contributed by atoms with Crippen molar-refractivity contribution < 1.29 is 18.7 Å². The van der Waals surface area contributed by atoms with Crippen molar-refractivity contribution in [2.24, 2.45) is 7.05 Å². The number of aromatic nitrogens is 2. The minimum Gasteiger partial charge on any atom is -0.386 e. The number of carbonyl (C=O) groups excluding carboxylic acids is 1. The van der Waals surface area contributed by atoms with Gasteiger partial charge >= 0.3 is 0 Å². The Morgan fingerprint density at radius 2 is 2.05 bits per heavy atom. The van der Waals surface area contributed by atoms with E-state index in [2.05, 4.69) is 10.4 Å². The number of amides is 1. The molecule has 0 spiro atoms. The third-order valence-corrected chi connectivity index (χ3v) is 3.02. The molecule has 1 heterocycles. The number of hydrogen-bond acceptors (Lipinski definition) is 3. The lowest BCUT2D eigenvalue weighted by molar-refractivity contribution is 0.0902. The van der Waals surface area contributed by atoms with Crippen molar-refractivity contribution in [3.63, 3.8) is 0 Å². The van der Waals surface area contributed by atoms with Gasteiger partial charge in [0, 0.05) is 13.6 Å². The number of aliphatic hydroxyl groups excluding tert-OH is 1. The average molecular weight is 295 g/mol. The van der Waals surface area contributed by atoms with Gasteiger partial charge in [0.25, 0.3) is 5.91 Å². The monoisotopic (exact) mass is 295 g/mol. The molecule has 0 bridgehead atoms. The summed E-state index contributed by atoms with van der Waals surface area (Å²) in [6.45, 7) is 1.43. The molecule has 2 aromatic rings. The smallest absolute Gasteiger partial charge is 0.269 e. The molecule has 0 aliphatic rings. The van der Waals surface area contributed by atoms with E-state index in [0.29, 0.717) is 11.4 Å². The van der Waals surface area contributed by atoms with Crippen LogP contribution in [0.2, 0.25) is 0 Å². The summed E-state index contributed by atoms with van der Waals surface area (Å²) in [6.07, 6.45) is -1.47. The summed E-state index contributed by atoms with van der Waals surface area (Å²) in [4.78, 5) is 11.9. The Hall–Kier alpha value is -2.28. The Kier molecular flexibility index (Phi) is 4.32. The van der Waals surface area contributed by atoms with Crippen LogP contribution in [0.1, 0.15) is 27.8 Å². The van der Waals surface area contributed by atoms with Crippen molar-refractivity contribution in [2.75, 3.05) is 6.54 Å². The molecule has 1 amide bonds. The number of rotatable bonds is 4. The first-order chi connectivity index (χ1) is 9.90. The average Bonchev–Trinajstić information content (AvgIpc) is 2.75. The predicted octanol–water partition coefficient (Wildman–Crippen LogP) is 1.47. The highest BCUT2D eigenvalue weighted by molar-refractivity contribution is 5.92. The first-order valence-corrected chi connectivity index (χ1v) is 6.31. The topological polar surface area (TPSA) is 67.2 Å². The number of hydrogen-bond donors (Lipinski definition) is 2. The SMILES string of the molecule is Cc1cc(C(=O)NCC(O)c2c(F)cccc2F)n(C)n1. The Labute approximate surface area is 120 Å². The molecule has 1 aromatic heterocycles. The van der Waals surface area contributed by atoms with Gasteiger partial charge in [-0.2, -0.15) is 5.10 Å². The molecule has 7 heteroatoms. The predicted molar refractivity (Wildman–Crippen MR) is 71.6 cm³/mol. The largest absolute Gasteiger partial charge is 0.386 e. The van der Waals surface area contributed by atoms with Crippen molar-refractivity contribution in [1.29, 1.82) is 0 Å². The van der Waals surface area contributed by atoms with Crippen LogP contribution in [-0.4, -0.2) is 27.3 Å². The molecule has 2 rings (SSSR count). The Balaban J connectivity index is 2.06. The van der Waals surface area contributed by atoms with E-state index < -0.39 is 29.2 Å². The Bertz CT molecular complexity index is 650. The molecule has 0 fully saturated rings. The molecule has 0 aliphatic carbocycles. The van der Waals surface area contributed by atoms with E-state index in [1.54, 1.807) is 20.0 Å². The van der Waals surface area contributed by atoms with Crippen molar-refractivity contribution in [1.82, 2.24) is 15.1 Å². The van der Waals surface area contributed by atoms with E-state index in [1.165, 1.54) is 10.7 Å². The van der Waals surface area contributed by atoms with Crippen molar-refractivity contribution in [3.8, 4) is 0 Å². The normalized spacial score (nSPS) is 12.2. The molecule has 1 aromatic carbocycles. The van der Waals surface area contributed by atoms with Gasteiger partial charge in [0.05, 0.1) is 11.3 Å². The van der Waals surface area contributed by atoms with Gasteiger partial charge in [-0.1, -0.05) is 6.07 Å². The van der Waals surface area contributed by atoms with Crippen LogP contribution in [0.3, 0.4) is 0 Å². The van der Waals surface area contributed by atoms with Crippen LogP contribution < -0.4 is 5.32 Å². The lowest BCUT2D eigenvalue weighted by Gasteiger charge is -2.13. The zero-order valence-corrected chi connectivity index (χ0v) is 11.6. The lowest BCUT2D eigenvalue weighted by atomic mass is 10.1. The molecule has 0 aliphatic heterocycles. The molecule has 112 valence electrons. The highest BCUT2D eigenvalue weighted by Crippen LogP contribution is 2.20. The van der Waals surface area contributed by atoms with Gasteiger partial charge < -0.3 is 10.4 Å². The standard InChI is InChI=1S/C14H15F2N3O2/c1-8-6-11(19(2)18-8)14(21)17-7-12(20)13-9(15)4-3-5-10(13)16/h3-6,12,20H,7H2,1-2H3,(H,17,21). The molecule has 0 saturated heterocycles. The van der Waals surface area contributed by atoms with Crippen molar-refractivity contribution in [3.05, 3.63) is 52.9 Å². The summed E-state index contributed by atoms with van der Waals surface area (Å²) in [5, 5.41) is 16.3. The van der Waals surface area contributed by atoms with Crippen LogP contribution in [0.15, 0.2) is 24.3 Å².